The van der Waals surface area contributed by atoms with E-state index < -0.39 is 0 Å². The summed E-state index contributed by atoms with van der Waals surface area (Å²) >= 11 is 0. The summed E-state index contributed by atoms with van der Waals surface area (Å²) in [5.41, 5.74) is 1.29. The molecule has 25 heavy (non-hydrogen) atoms. The number of ether oxygens (including phenoxy) is 1. The molecule has 0 aromatic heterocycles. The van der Waals surface area contributed by atoms with Gasteiger partial charge in [-0.1, -0.05) is 50.8 Å². The summed E-state index contributed by atoms with van der Waals surface area (Å²) < 4.78 is 6.43. The van der Waals surface area contributed by atoms with Crippen LogP contribution < -0.4 is 4.74 Å². The average molecular weight is 344 g/mol. The van der Waals surface area contributed by atoms with E-state index in [1.807, 2.05) is 11.0 Å². The molecule has 2 bridgehead atoms. The Kier molecular flexibility index (Phi) is 6.77. The third-order valence-corrected chi connectivity index (χ3v) is 5.99. The number of likely N-dealkylation sites (tertiary alicyclic amines) is 1. The number of hydrogen-bond donors (Lipinski definition) is 0. The van der Waals surface area contributed by atoms with E-state index in [1.54, 1.807) is 0 Å². The number of carbonyl (C=O) groups excluding carboxylic acids is 1. The predicted octanol–water partition coefficient (Wildman–Crippen LogP) is 5.33. The van der Waals surface area contributed by atoms with Crippen molar-refractivity contribution in [3.8, 4) is 5.75 Å². The smallest absolute Gasteiger partial charge is 0.212 e. The van der Waals surface area contributed by atoms with Gasteiger partial charge in [0.25, 0.3) is 0 Å². The minimum Gasteiger partial charge on any atom is -0.470 e. The lowest BCUT2D eigenvalue weighted by molar-refractivity contribution is -0.130. The minimum atomic E-state index is -0.0988. The number of aryl methyl sites for hydroxylation is 1. The van der Waals surface area contributed by atoms with Gasteiger partial charge in [-0.25, -0.2) is 0 Å². The second-order valence-corrected chi connectivity index (χ2v) is 7.81. The van der Waals surface area contributed by atoms with Crippen LogP contribution in [0, 0.1) is 5.92 Å². The van der Waals surface area contributed by atoms with Crippen LogP contribution >= 0.6 is 0 Å². The lowest BCUT2D eigenvalue weighted by Crippen LogP contribution is -2.45. The summed E-state index contributed by atoms with van der Waals surface area (Å²) in [7, 11) is 0. The first-order chi connectivity index (χ1) is 12.3. The quantitative estimate of drug-likeness (QED) is 0.472. The molecule has 3 heteroatoms. The molecule has 138 valence electrons. The number of carbonyl (C=O) groups is 1. The van der Waals surface area contributed by atoms with Gasteiger partial charge in [-0.3, -0.25) is 4.79 Å². The first-order valence-electron chi connectivity index (χ1n) is 10.3. The number of amides is 1. The van der Waals surface area contributed by atoms with E-state index in [0.717, 1.165) is 50.2 Å². The lowest BCUT2D eigenvalue weighted by Gasteiger charge is -2.35. The van der Waals surface area contributed by atoms with Crippen LogP contribution in [0.2, 0.25) is 0 Å². The van der Waals surface area contributed by atoms with Crippen molar-refractivity contribution < 1.29 is 9.53 Å². The van der Waals surface area contributed by atoms with Gasteiger partial charge in [-0.05, 0) is 56.1 Å². The van der Waals surface area contributed by atoms with E-state index in [-0.39, 0.29) is 6.23 Å². The molecule has 1 saturated carbocycles. The summed E-state index contributed by atoms with van der Waals surface area (Å²) in [6, 6.07) is 8.78. The van der Waals surface area contributed by atoms with Crippen molar-refractivity contribution in [2.75, 3.05) is 0 Å². The molecule has 3 atom stereocenters. The summed E-state index contributed by atoms with van der Waals surface area (Å²) in [6.07, 6.45) is 14.0. The number of benzene rings is 1. The highest BCUT2D eigenvalue weighted by molar-refractivity contribution is 5.48. The van der Waals surface area contributed by atoms with Crippen LogP contribution in [0.5, 0.6) is 5.75 Å². The zero-order valence-corrected chi connectivity index (χ0v) is 15.7. The fourth-order valence-corrected chi connectivity index (χ4v) is 4.53. The van der Waals surface area contributed by atoms with Crippen LogP contribution in [0.4, 0.5) is 0 Å². The molecule has 0 N–H and O–H groups in total. The highest BCUT2D eigenvalue weighted by Gasteiger charge is 2.35. The van der Waals surface area contributed by atoms with Gasteiger partial charge in [0.05, 0.1) is 0 Å². The van der Waals surface area contributed by atoms with Crippen molar-refractivity contribution in [2.24, 2.45) is 5.92 Å². The summed E-state index contributed by atoms with van der Waals surface area (Å²) in [5.74, 6) is 1.80. The number of hydrogen-bond acceptors (Lipinski definition) is 2. The maximum atomic E-state index is 11.8. The van der Waals surface area contributed by atoms with Gasteiger partial charge in [-0.15, -0.1) is 0 Å². The van der Waals surface area contributed by atoms with Gasteiger partial charge in [0.15, 0.2) is 6.23 Å². The SMILES string of the molecule is CCCCCCc1ccccc1OC1CCCC2CCC(C2)N1C=O. The number of fused-ring (bicyclic) bond motifs is 2. The van der Waals surface area contributed by atoms with Crippen LogP contribution in [0.1, 0.15) is 76.7 Å². The third kappa shape index (κ3) is 4.77. The molecule has 2 aliphatic rings. The fraction of sp³-hybridized carbons (Fsp3) is 0.682. The van der Waals surface area contributed by atoms with Gasteiger partial charge in [0, 0.05) is 12.5 Å². The highest BCUT2D eigenvalue weighted by Crippen LogP contribution is 2.37. The average Bonchev–Trinajstić information content (AvgIpc) is 3.09. The van der Waals surface area contributed by atoms with Crippen LogP contribution in [0.15, 0.2) is 24.3 Å². The number of para-hydroxylation sites is 1. The Labute approximate surface area is 152 Å². The van der Waals surface area contributed by atoms with Gasteiger partial charge >= 0.3 is 0 Å². The zero-order valence-electron chi connectivity index (χ0n) is 15.7. The molecule has 1 saturated heterocycles. The highest BCUT2D eigenvalue weighted by atomic mass is 16.5. The summed E-state index contributed by atoms with van der Waals surface area (Å²) in [4.78, 5) is 13.8. The molecule has 3 rings (SSSR count). The first-order valence-corrected chi connectivity index (χ1v) is 10.3. The molecule has 2 fully saturated rings. The zero-order chi connectivity index (χ0) is 17.5. The standard InChI is InChI=1S/C22H33NO2/c1-2-3-4-5-10-19-11-6-7-12-21(19)25-22-13-8-9-18-14-15-20(16-18)23(22)17-24/h6-7,11-12,17-18,20,22H,2-5,8-10,13-16H2,1H3. The van der Waals surface area contributed by atoms with Gasteiger partial charge in [0.1, 0.15) is 5.75 Å². The Morgan fingerprint density at radius 2 is 2.00 bits per heavy atom. The minimum absolute atomic E-state index is 0.0988. The molecular formula is C22H33NO2. The van der Waals surface area contributed by atoms with Crippen molar-refractivity contribution in [3.05, 3.63) is 29.8 Å². The summed E-state index contributed by atoms with van der Waals surface area (Å²) in [5, 5.41) is 0. The number of unbranched alkanes of at least 4 members (excludes halogenated alkanes) is 3. The van der Waals surface area contributed by atoms with E-state index >= 15 is 0 Å². The molecular weight excluding hydrogens is 310 g/mol. The molecule has 1 aliphatic heterocycles. The molecule has 1 aromatic rings. The third-order valence-electron chi connectivity index (χ3n) is 5.99. The molecule has 1 aromatic carbocycles. The first kappa shape index (κ1) is 18.3. The lowest BCUT2D eigenvalue weighted by atomic mass is 9.97. The van der Waals surface area contributed by atoms with Crippen molar-refractivity contribution >= 4 is 6.41 Å². The van der Waals surface area contributed by atoms with Crippen LogP contribution in [0.25, 0.3) is 0 Å². The van der Waals surface area contributed by atoms with Gasteiger partial charge in [0.2, 0.25) is 6.41 Å². The topological polar surface area (TPSA) is 29.5 Å². The Morgan fingerprint density at radius 1 is 1.12 bits per heavy atom. The maximum absolute atomic E-state index is 11.8. The van der Waals surface area contributed by atoms with E-state index in [2.05, 4.69) is 25.1 Å². The number of rotatable bonds is 8. The second kappa shape index (κ2) is 9.26. The van der Waals surface area contributed by atoms with Gasteiger partial charge in [-0.2, -0.15) is 0 Å². The maximum Gasteiger partial charge on any atom is 0.212 e. The van der Waals surface area contributed by atoms with E-state index in [4.69, 9.17) is 4.74 Å². The van der Waals surface area contributed by atoms with Crippen molar-refractivity contribution in [1.29, 1.82) is 0 Å². The molecule has 1 amide bonds. The van der Waals surface area contributed by atoms with Crippen molar-refractivity contribution in [1.82, 2.24) is 4.90 Å². The van der Waals surface area contributed by atoms with Crippen LogP contribution in [-0.4, -0.2) is 23.6 Å². The van der Waals surface area contributed by atoms with E-state index in [9.17, 15) is 4.79 Å². The summed E-state index contributed by atoms with van der Waals surface area (Å²) in [6.45, 7) is 2.24. The molecule has 0 spiro atoms. The predicted molar refractivity (Wildman–Crippen MR) is 102 cm³/mol. The van der Waals surface area contributed by atoms with Crippen LogP contribution in [0.3, 0.4) is 0 Å². The van der Waals surface area contributed by atoms with Crippen molar-refractivity contribution in [3.63, 3.8) is 0 Å². The Morgan fingerprint density at radius 3 is 2.84 bits per heavy atom. The molecule has 0 radical (unpaired) electrons. The van der Waals surface area contributed by atoms with Crippen molar-refractivity contribution in [2.45, 2.75) is 89.8 Å². The molecule has 3 unspecified atom stereocenters. The molecule has 1 aliphatic carbocycles. The Hall–Kier alpha value is -1.51. The molecule has 1 heterocycles. The van der Waals surface area contributed by atoms with Gasteiger partial charge < -0.3 is 9.64 Å². The van der Waals surface area contributed by atoms with E-state index in [1.165, 1.54) is 44.1 Å². The van der Waals surface area contributed by atoms with E-state index in [0.29, 0.717) is 6.04 Å². The largest absolute Gasteiger partial charge is 0.470 e. The Bertz CT molecular complexity index is 545. The monoisotopic (exact) mass is 343 g/mol. The fourth-order valence-electron chi connectivity index (χ4n) is 4.53. The second-order valence-electron chi connectivity index (χ2n) is 7.81. The Balaban J connectivity index is 1.68. The van der Waals surface area contributed by atoms with Crippen LogP contribution in [-0.2, 0) is 11.2 Å². The number of nitrogens with zero attached hydrogens (tertiary/aromatic N) is 1. The molecule has 3 nitrogen and oxygen atoms in total. The normalized spacial score (nSPS) is 26.1.